The average molecular weight is 280 g/mol. The molecule has 2 heterocycles. The summed E-state index contributed by atoms with van der Waals surface area (Å²) in [5, 5.41) is 0.735. The average Bonchev–Trinajstić information content (AvgIpc) is 2.33. The highest BCUT2D eigenvalue weighted by Gasteiger charge is 2.00. The number of hydrogen-bond donors (Lipinski definition) is 0. The molecule has 0 aromatic carbocycles. The summed E-state index contributed by atoms with van der Waals surface area (Å²) >= 11 is 3.33. The highest BCUT2D eigenvalue weighted by molar-refractivity contribution is 9.08. The smallest absolute Gasteiger partial charge is 0.321 e. The Labute approximate surface area is 102 Å². The number of hydrogen-bond acceptors (Lipinski definition) is 4. The lowest BCUT2D eigenvalue weighted by atomic mass is 10.4. The zero-order chi connectivity index (χ0) is 11.4. The topological polar surface area (TPSA) is 47.9 Å². The van der Waals surface area contributed by atoms with E-state index in [1.807, 2.05) is 19.1 Å². The van der Waals surface area contributed by atoms with Crippen LogP contribution in [0.5, 0.6) is 11.8 Å². The van der Waals surface area contributed by atoms with Gasteiger partial charge in [-0.05, 0) is 24.6 Å². The molecular weight excluding hydrogens is 270 g/mol. The fourth-order valence-corrected chi connectivity index (χ4v) is 1.37. The van der Waals surface area contributed by atoms with Gasteiger partial charge in [-0.2, -0.15) is 0 Å². The van der Waals surface area contributed by atoms with Crippen LogP contribution in [0, 0.1) is 6.92 Å². The van der Waals surface area contributed by atoms with Crippen molar-refractivity contribution in [1.29, 1.82) is 0 Å². The number of alkyl halides is 1. The van der Waals surface area contributed by atoms with Crippen LogP contribution in [0.15, 0.2) is 30.7 Å². The summed E-state index contributed by atoms with van der Waals surface area (Å²) in [6, 6.07) is 4.04. The Kier molecular flexibility index (Phi) is 3.46. The molecule has 0 bridgehead atoms. The largest absolute Gasteiger partial charge is 0.423 e. The molecule has 0 aliphatic rings. The van der Waals surface area contributed by atoms with Gasteiger partial charge >= 0.3 is 6.01 Å². The summed E-state index contributed by atoms with van der Waals surface area (Å²) in [6.07, 6.45) is 5.09. The van der Waals surface area contributed by atoms with Crippen molar-refractivity contribution in [1.82, 2.24) is 15.0 Å². The van der Waals surface area contributed by atoms with E-state index < -0.39 is 0 Å². The lowest BCUT2D eigenvalue weighted by Crippen LogP contribution is -1.93. The number of nitrogens with zero attached hydrogens (tertiary/aromatic N) is 3. The highest BCUT2D eigenvalue weighted by Crippen LogP contribution is 2.16. The van der Waals surface area contributed by atoms with Gasteiger partial charge in [0.05, 0.1) is 6.20 Å². The minimum absolute atomic E-state index is 0.329. The fraction of sp³-hybridized carbons (Fsp3) is 0.182. The van der Waals surface area contributed by atoms with E-state index in [1.165, 1.54) is 0 Å². The second-order valence-electron chi connectivity index (χ2n) is 3.24. The number of ether oxygens (including phenoxy) is 1. The molecule has 2 aromatic heterocycles. The van der Waals surface area contributed by atoms with Gasteiger partial charge in [-0.25, -0.2) is 9.97 Å². The van der Waals surface area contributed by atoms with Crippen LogP contribution in [0.25, 0.3) is 0 Å². The third-order valence-electron chi connectivity index (χ3n) is 1.93. The SMILES string of the molecule is Cc1ccc(Oc2ncc(CBr)cn2)cn1. The van der Waals surface area contributed by atoms with Gasteiger partial charge in [-0.15, -0.1) is 0 Å². The summed E-state index contributed by atoms with van der Waals surface area (Å²) in [7, 11) is 0. The summed E-state index contributed by atoms with van der Waals surface area (Å²) in [4.78, 5) is 12.3. The maximum atomic E-state index is 5.43. The predicted octanol–water partition coefficient (Wildman–Crippen LogP) is 2.87. The van der Waals surface area contributed by atoms with Crippen LogP contribution in [-0.4, -0.2) is 15.0 Å². The zero-order valence-corrected chi connectivity index (χ0v) is 10.3. The van der Waals surface area contributed by atoms with E-state index in [4.69, 9.17) is 4.74 Å². The molecular formula is C11H10BrN3O. The molecule has 0 atom stereocenters. The third-order valence-corrected chi connectivity index (χ3v) is 2.58. The molecule has 2 rings (SSSR count). The van der Waals surface area contributed by atoms with Crippen LogP contribution in [0.3, 0.4) is 0 Å². The van der Waals surface area contributed by atoms with E-state index in [1.54, 1.807) is 18.6 Å². The molecule has 0 aliphatic carbocycles. The summed E-state index contributed by atoms with van der Waals surface area (Å²) in [6.45, 7) is 1.92. The van der Waals surface area contributed by atoms with Gasteiger partial charge in [0, 0.05) is 23.4 Å². The molecule has 0 radical (unpaired) electrons. The zero-order valence-electron chi connectivity index (χ0n) is 8.72. The first-order valence-electron chi connectivity index (χ1n) is 4.75. The predicted molar refractivity (Wildman–Crippen MR) is 63.7 cm³/mol. The summed E-state index contributed by atoms with van der Waals surface area (Å²) < 4.78 is 5.43. The minimum atomic E-state index is 0.329. The van der Waals surface area contributed by atoms with Crippen LogP contribution in [0.4, 0.5) is 0 Å². The van der Waals surface area contributed by atoms with Crippen LogP contribution in [0.1, 0.15) is 11.3 Å². The van der Waals surface area contributed by atoms with Crippen molar-refractivity contribution in [3.63, 3.8) is 0 Å². The van der Waals surface area contributed by atoms with Gasteiger partial charge in [-0.3, -0.25) is 4.98 Å². The molecule has 82 valence electrons. The van der Waals surface area contributed by atoms with E-state index in [9.17, 15) is 0 Å². The quantitative estimate of drug-likeness (QED) is 0.811. The molecule has 0 saturated carbocycles. The Morgan fingerprint density at radius 3 is 2.44 bits per heavy atom. The van der Waals surface area contributed by atoms with Crippen molar-refractivity contribution < 1.29 is 4.74 Å². The van der Waals surface area contributed by atoms with Crippen LogP contribution < -0.4 is 4.74 Å². The van der Waals surface area contributed by atoms with E-state index in [0.29, 0.717) is 11.8 Å². The molecule has 0 spiro atoms. The van der Waals surface area contributed by atoms with E-state index in [-0.39, 0.29) is 0 Å². The highest BCUT2D eigenvalue weighted by atomic mass is 79.9. The van der Waals surface area contributed by atoms with Crippen LogP contribution >= 0.6 is 15.9 Å². The van der Waals surface area contributed by atoms with Gasteiger partial charge in [0.15, 0.2) is 0 Å². The molecule has 0 saturated heterocycles. The van der Waals surface area contributed by atoms with Crippen molar-refractivity contribution in [2.24, 2.45) is 0 Å². The lowest BCUT2D eigenvalue weighted by molar-refractivity contribution is 0.439. The van der Waals surface area contributed by atoms with Crippen molar-refractivity contribution >= 4 is 15.9 Å². The maximum Gasteiger partial charge on any atom is 0.321 e. The fourth-order valence-electron chi connectivity index (χ4n) is 1.08. The Morgan fingerprint density at radius 1 is 1.12 bits per heavy atom. The van der Waals surface area contributed by atoms with Crippen molar-refractivity contribution in [3.8, 4) is 11.8 Å². The normalized spacial score (nSPS) is 10.1. The molecule has 16 heavy (non-hydrogen) atoms. The number of rotatable bonds is 3. The number of aryl methyl sites for hydroxylation is 1. The first-order valence-corrected chi connectivity index (χ1v) is 5.87. The van der Waals surface area contributed by atoms with Crippen LogP contribution in [-0.2, 0) is 5.33 Å². The minimum Gasteiger partial charge on any atom is -0.423 e. The molecule has 2 aromatic rings. The van der Waals surface area contributed by atoms with Crippen molar-refractivity contribution in [2.75, 3.05) is 0 Å². The number of aromatic nitrogens is 3. The number of pyridine rings is 1. The molecule has 4 nitrogen and oxygen atoms in total. The molecule has 0 N–H and O–H groups in total. The standard InChI is InChI=1S/C11H10BrN3O/c1-8-2-3-10(7-13-8)16-11-14-5-9(4-12)6-15-11/h2-3,5-7H,4H2,1H3. The van der Waals surface area contributed by atoms with E-state index in [2.05, 4.69) is 30.9 Å². The number of halogens is 1. The van der Waals surface area contributed by atoms with Gasteiger partial charge in [0.2, 0.25) is 0 Å². The third kappa shape index (κ3) is 2.76. The lowest BCUT2D eigenvalue weighted by Gasteiger charge is -2.03. The van der Waals surface area contributed by atoms with Gasteiger partial charge in [-0.1, -0.05) is 15.9 Å². The van der Waals surface area contributed by atoms with Crippen molar-refractivity contribution in [3.05, 3.63) is 42.0 Å². The van der Waals surface area contributed by atoms with Gasteiger partial charge in [0.1, 0.15) is 5.75 Å². The van der Waals surface area contributed by atoms with Gasteiger partial charge < -0.3 is 4.74 Å². The van der Waals surface area contributed by atoms with E-state index in [0.717, 1.165) is 16.6 Å². The first kappa shape index (κ1) is 11.0. The Bertz CT molecular complexity index is 456. The first-order chi connectivity index (χ1) is 7.78. The Hall–Kier alpha value is -1.49. The molecule has 0 aliphatic heterocycles. The van der Waals surface area contributed by atoms with Crippen molar-refractivity contribution in [2.45, 2.75) is 12.3 Å². The molecule has 0 unspecified atom stereocenters. The summed E-state index contributed by atoms with van der Waals surface area (Å²) in [5.41, 5.74) is 1.96. The second-order valence-corrected chi connectivity index (χ2v) is 3.81. The Balaban J connectivity index is 2.11. The van der Waals surface area contributed by atoms with Crippen LogP contribution in [0.2, 0.25) is 0 Å². The maximum absolute atomic E-state index is 5.43. The van der Waals surface area contributed by atoms with Gasteiger partial charge in [0.25, 0.3) is 0 Å². The monoisotopic (exact) mass is 279 g/mol. The second kappa shape index (κ2) is 5.03. The molecule has 0 fully saturated rings. The molecule has 0 amide bonds. The van der Waals surface area contributed by atoms with E-state index >= 15 is 0 Å². The molecule has 5 heteroatoms. The Morgan fingerprint density at radius 2 is 1.88 bits per heavy atom. The summed E-state index contributed by atoms with van der Waals surface area (Å²) in [5.74, 6) is 0.636.